The second-order valence-electron chi connectivity index (χ2n) is 6.48. The van der Waals surface area contributed by atoms with Crippen LogP contribution in [-0.2, 0) is 20.8 Å². The molecule has 0 atom stereocenters. The summed E-state index contributed by atoms with van der Waals surface area (Å²) in [7, 11) is 0. The zero-order chi connectivity index (χ0) is 19.9. The molecule has 1 aliphatic heterocycles. The van der Waals surface area contributed by atoms with Gasteiger partial charge in [0.25, 0.3) is 5.91 Å². The van der Waals surface area contributed by atoms with Crippen LogP contribution in [0.15, 0.2) is 42.5 Å². The van der Waals surface area contributed by atoms with Crippen molar-refractivity contribution >= 4 is 29.2 Å². The number of ether oxygens (including phenoxy) is 2. The molecular weight excluding hydrogens is 387 g/mol. The lowest BCUT2D eigenvalue weighted by atomic mass is 10.1. The van der Waals surface area contributed by atoms with Gasteiger partial charge < -0.3 is 19.7 Å². The highest BCUT2D eigenvalue weighted by molar-refractivity contribution is 6.33. The van der Waals surface area contributed by atoms with Crippen LogP contribution in [0.2, 0.25) is 5.02 Å². The Balaban J connectivity index is 1.48. The number of hydrogen-bond donors (Lipinski definition) is 2. The van der Waals surface area contributed by atoms with Crippen molar-refractivity contribution in [2.24, 2.45) is 0 Å². The van der Waals surface area contributed by atoms with Crippen molar-refractivity contribution < 1.29 is 28.4 Å². The third-order valence-electron chi connectivity index (χ3n) is 4.38. The summed E-state index contributed by atoms with van der Waals surface area (Å²) in [6.45, 7) is 3.88. The topological polar surface area (TPSA) is 69.1 Å². The third kappa shape index (κ3) is 5.76. The van der Waals surface area contributed by atoms with Gasteiger partial charge in [0.15, 0.2) is 6.61 Å². The first-order valence-electron chi connectivity index (χ1n) is 8.93. The zero-order valence-electron chi connectivity index (χ0n) is 15.2. The number of nitrogens with one attached hydrogen (secondary N) is 2. The summed E-state index contributed by atoms with van der Waals surface area (Å²) in [4.78, 5) is 25.5. The number of quaternary nitrogens is 1. The fourth-order valence-corrected chi connectivity index (χ4v) is 3.09. The average Bonchev–Trinajstić information content (AvgIpc) is 2.70. The van der Waals surface area contributed by atoms with Crippen molar-refractivity contribution in [3.05, 3.63) is 64.4 Å². The Labute approximate surface area is 167 Å². The van der Waals surface area contributed by atoms with Crippen molar-refractivity contribution in [3.8, 4) is 0 Å². The second kappa shape index (κ2) is 9.64. The van der Waals surface area contributed by atoms with E-state index in [-0.39, 0.29) is 10.7 Å². The van der Waals surface area contributed by atoms with E-state index in [2.05, 4.69) is 5.32 Å². The first-order chi connectivity index (χ1) is 13.5. The number of rotatable bonds is 6. The number of benzene rings is 2. The number of morpholine rings is 1. The largest absolute Gasteiger partial charge is 0.452 e. The molecule has 1 amide bonds. The Bertz CT molecular complexity index is 839. The number of carbonyl (C=O) groups is 2. The number of amides is 1. The molecule has 0 aliphatic carbocycles. The van der Waals surface area contributed by atoms with Crippen LogP contribution in [-0.4, -0.2) is 44.8 Å². The van der Waals surface area contributed by atoms with E-state index in [1.807, 2.05) is 12.1 Å². The fraction of sp³-hybridized carbons (Fsp3) is 0.300. The van der Waals surface area contributed by atoms with Crippen LogP contribution in [0.4, 0.5) is 10.1 Å². The van der Waals surface area contributed by atoms with Crippen LogP contribution >= 0.6 is 11.6 Å². The lowest BCUT2D eigenvalue weighted by Crippen LogP contribution is -3.12. The van der Waals surface area contributed by atoms with E-state index in [1.54, 1.807) is 12.1 Å². The lowest BCUT2D eigenvalue weighted by molar-refractivity contribution is -0.921. The van der Waals surface area contributed by atoms with Crippen molar-refractivity contribution in [1.29, 1.82) is 0 Å². The summed E-state index contributed by atoms with van der Waals surface area (Å²) < 4.78 is 23.4. The Kier molecular flexibility index (Phi) is 6.97. The molecular formula is C20H21ClFN2O4+. The highest BCUT2D eigenvalue weighted by atomic mass is 35.5. The van der Waals surface area contributed by atoms with Crippen molar-refractivity contribution in [3.63, 3.8) is 0 Å². The van der Waals surface area contributed by atoms with Gasteiger partial charge in [-0.1, -0.05) is 23.7 Å². The molecule has 6 nitrogen and oxygen atoms in total. The predicted molar refractivity (Wildman–Crippen MR) is 102 cm³/mol. The van der Waals surface area contributed by atoms with E-state index in [4.69, 9.17) is 21.1 Å². The number of halogens is 2. The van der Waals surface area contributed by atoms with Gasteiger partial charge in [-0.15, -0.1) is 0 Å². The maximum atomic E-state index is 13.0. The van der Waals surface area contributed by atoms with Crippen molar-refractivity contribution in [1.82, 2.24) is 0 Å². The minimum atomic E-state index is -0.592. The molecule has 1 heterocycles. The van der Waals surface area contributed by atoms with E-state index in [1.165, 1.54) is 17.0 Å². The summed E-state index contributed by atoms with van der Waals surface area (Å²) in [5.74, 6) is -1.66. The smallest absolute Gasteiger partial charge is 0.338 e. The van der Waals surface area contributed by atoms with Crippen molar-refractivity contribution in [2.75, 3.05) is 38.2 Å². The van der Waals surface area contributed by atoms with Crippen molar-refractivity contribution in [2.45, 2.75) is 6.54 Å². The molecule has 2 aromatic carbocycles. The number of carbonyl (C=O) groups excluding carboxylic acids is 2. The number of esters is 1. The van der Waals surface area contributed by atoms with Crippen LogP contribution < -0.4 is 10.2 Å². The van der Waals surface area contributed by atoms with Crippen LogP contribution in [0.25, 0.3) is 0 Å². The lowest BCUT2D eigenvalue weighted by Gasteiger charge is -2.23. The molecule has 1 fully saturated rings. The molecule has 0 bridgehead atoms. The molecule has 0 unspecified atom stereocenters. The molecule has 0 saturated carbocycles. The first-order valence-corrected chi connectivity index (χ1v) is 9.31. The Morgan fingerprint density at radius 2 is 1.86 bits per heavy atom. The fourth-order valence-electron chi connectivity index (χ4n) is 2.88. The monoisotopic (exact) mass is 407 g/mol. The Hall–Kier alpha value is -2.48. The highest BCUT2D eigenvalue weighted by Crippen LogP contribution is 2.22. The number of anilines is 1. The summed E-state index contributed by atoms with van der Waals surface area (Å²) in [6.07, 6.45) is 0. The molecule has 0 aromatic heterocycles. The molecule has 8 heteroatoms. The Morgan fingerprint density at radius 1 is 1.14 bits per heavy atom. The quantitative estimate of drug-likeness (QED) is 0.715. The standard InChI is InChI=1S/C20H20ClFN2O4/c21-17-11-16(22)5-6-18(17)23-19(25)13-28-20(26)15-3-1-14(2-4-15)12-24-7-9-27-10-8-24/h1-6,11H,7-10,12-13H2,(H,23,25)/p+1. The van der Waals surface area contributed by atoms with Gasteiger partial charge in [-0.05, 0) is 30.3 Å². The van der Waals surface area contributed by atoms with Gasteiger partial charge >= 0.3 is 5.97 Å². The maximum Gasteiger partial charge on any atom is 0.338 e. The molecule has 3 rings (SSSR count). The van der Waals surface area contributed by atoms with Crippen LogP contribution in [0.1, 0.15) is 15.9 Å². The number of hydrogen-bond acceptors (Lipinski definition) is 4. The SMILES string of the molecule is O=C(COC(=O)c1ccc(C[NH+]2CCOCC2)cc1)Nc1ccc(F)cc1Cl. The van der Waals surface area contributed by atoms with E-state index in [0.717, 1.165) is 44.5 Å². The minimum absolute atomic E-state index is 0.0673. The van der Waals surface area contributed by atoms with Gasteiger partial charge in [-0.3, -0.25) is 4.79 Å². The molecule has 2 aromatic rings. The molecule has 148 valence electrons. The summed E-state index contributed by atoms with van der Waals surface area (Å²) in [5.41, 5.74) is 1.74. The molecule has 28 heavy (non-hydrogen) atoms. The van der Waals surface area contributed by atoms with Gasteiger partial charge in [0, 0.05) is 5.56 Å². The molecule has 1 saturated heterocycles. The van der Waals surface area contributed by atoms with E-state index >= 15 is 0 Å². The zero-order valence-corrected chi connectivity index (χ0v) is 15.9. The summed E-state index contributed by atoms with van der Waals surface area (Å²) in [5, 5.41) is 2.54. The second-order valence-corrected chi connectivity index (χ2v) is 6.89. The minimum Gasteiger partial charge on any atom is -0.452 e. The highest BCUT2D eigenvalue weighted by Gasteiger charge is 2.15. The molecule has 0 spiro atoms. The van der Waals surface area contributed by atoms with Crippen LogP contribution in [0.5, 0.6) is 0 Å². The van der Waals surface area contributed by atoms with E-state index < -0.39 is 24.3 Å². The molecule has 1 aliphatic rings. The van der Waals surface area contributed by atoms with E-state index in [9.17, 15) is 14.0 Å². The van der Waals surface area contributed by atoms with Gasteiger partial charge in [-0.2, -0.15) is 0 Å². The summed E-state index contributed by atoms with van der Waals surface area (Å²) >= 11 is 5.85. The summed E-state index contributed by atoms with van der Waals surface area (Å²) in [6, 6.07) is 10.7. The van der Waals surface area contributed by atoms with Crippen LogP contribution in [0.3, 0.4) is 0 Å². The average molecular weight is 408 g/mol. The van der Waals surface area contributed by atoms with Gasteiger partial charge in [0.2, 0.25) is 0 Å². The Morgan fingerprint density at radius 3 is 2.54 bits per heavy atom. The normalized spacial score (nSPS) is 14.5. The van der Waals surface area contributed by atoms with E-state index in [0.29, 0.717) is 5.56 Å². The predicted octanol–water partition coefficient (Wildman–Crippen LogP) is 1.69. The van der Waals surface area contributed by atoms with Gasteiger partial charge in [-0.25, -0.2) is 9.18 Å². The molecule has 0 radical (unpaired) electrons. The van der Waals surface area contributed by atoms with Crippen LogP contribution in [0, 0.1) is 5.82 Å². The molecule has 2 N–H and O–H groups in total. The maximum absolute atomic E-state index is 13.0. The van der Waals surface area contributed by atoms with Gasteiger partial charge in [0.1, 0.15) is 25.5 Å². The first kappa shape index (κ1) is 20.3. The van der Waals surface area contributed by atoms with Gasteiger partial charge in [0.05, 0.1) is 29.5 Å². The third-order valence-corrected chi connectivity index (χ3v) is 4.70.